The Kier molecular flexibility index (Phi) is 8.32. The van der Waals surface area contributed by atoms with Gasteiger partial charge in [0, 0.05) is 24.9 Å². The van der Waals surface area contributed by atoms with Crippen LogP contribution >= 0.6 is 23.1 Å². The first kappa shape index (κ1) is 22.8. The molecule has 1 N–H and O–H groups in total. The van der Waals surface area contributed by atoms with Gasteiger partial charge in [-0.25, -0.2) is 0 Å². The van der Waals surface area contributed by atoms with E-state index >= 15 is 0 Å². The van der Waals surface area contributed by atoms with Gasteiger partial charge in [-0.2, -0.15) is 0 Å². The molecule has 0 saturated heterocycles. The lowest BCUT2D eigenvalue weighted by molar-refractivity contribution is -0.143. The number of nitrogens with zero attached hydrogens (tertiary/aromatic N) is 3. The Morgan fingerprint density at radius 1 is 1.37 bits per heavy atom. The first-order chi connectivity index (χ1) is 14.5. The molecule has 164 valence electrons. The number of ether oxygens (including phenoxy) is 1. The average molecular weight is 451 g/mol. The third-order valence-corrected chi connectivity index (χ3v) is 7.59. The maximum Gasteiger partial charge on any atom is 0.305 e. The molecule has 0 spiro atoms. The summed E-state index contributed by atoms with van der Waals surface area (Å²) >= 11 is 3.19. The Bertz CT molecular complexity index is 878. The van der Waals surface area contributed by atoms with E-state index in [1.165, 1.54) is 35.0 Å². The first-order valence-electron chi connectivity index (χ1n) is 10.6. The van der Waals surface area contributed by atoms with E-state index in [2.05, 4.69) is 28.5 Å². The van der Waals surface area contributed by atoms with Crippen molar-refractivity contribution in [2.75, 3.05) is 18.9 Å². The molecule has 1 atom stereocenters. The molecule has 7 nitrogen and oxygen atoms in total. The van der Waals surface area contributed by atoms with Crippen molar-refractivity contribution in [3.05, 3.63) is 16.5 Å². The summed E-state index contributed by atoms with van der Waals surface area (Å²) in [6.07, 6.45) is 5.73. The molecule has 1 aliphatic rings. The van der Waals surface area contributed by atoms with E-state index in [1.54, 1.807) is 6.92 Å². The zero-order valence-corrected chi connectivity index (χ0v) is 19.5. The molecule has 3 rings (SSSR count). The molecule has 1 aliphatic carbocycles. The van der Waals surface area contributed by atoms with Gasteiger partial charge in [0.05, 0.1) is 17.2 Å². The second-order valence-corrected chi connectivity index (χ2v) is 9.57. The van der Waals surface area contributed by atoms with Crippen molar-refractivity contribution in [1.82, 2.24) is 20.1 Å². The van der Waals surface area contributed by atoms with Crippen LogP contribution < -0.4 is 5.32 Å². The topological polar surface area (TPSA) is 86.1 Å². The number of carbonyl (C=O) groups is 2. The Hall–Kier alpha value is -1.87. The van der Waals surface area contributed by atoms with Gasteiger partial charge in [0.25, 0.3) is 0 Å². The quantitative estimate of drug-likeness (QED) is 0.338. The smallest absolute Gasteiger partial charge is 0.305 e. The van der Waals surface area contributed by atoms with Crippen LogP contribution in [-0.4, -0.2) is 45.5 Å². The van der Waals surface area contributed by atoms with E-state index in [0.29, 0.717) is 26.0 Å². The monoisotopic (exact) mass is 450 g/mol. The van der Waals surface area contributed by atoms with Crippen molar-refractivity contribution in [3.8, 4) is 10.7 Å². The molecule has 2 aromatic rings. The Labute approximate surface area is 186 Å². The molecule has 2 aromatic heterocycles. The molecule has 0 aliphatic heterocycles. The van der Waals surface area contributed by atoms with E-state index in [9.17, 15) is 9.59 Å². The minimum absolute atomic E-state index is 0.0781. The van der Waals surface area contributed by atoms with Gasteiger partial charge in [0.2, 0.25) is 5.91 Å². The number of aromatic nitrogens is 3. The van der Waals surface area contributed by atoms with E-state index in [4.69, 9.17) is 4.74 Å². The number of thioether (sulfide) groups is 1. The maximum absolute atomic E-state index is 12.1. The van der Waals surface area contributed by atoms with Crippen LogP contribution in [-0.2, 0) is 34.2 Å². The fourth-order valence-corrected chi connectivity index (χ4v) is 5.56. The SMILES string of the molecule is CCOC(=O)CCCNC(=O)CSc1nnc(-c2cc3c(s2)CCC(CC)C3)n1C. The summed E-state index contributed by atoms with van der Waals surface area (Å²) in [4.78, 5) is 26.0. The molecule has 1 amide bonds. The number of hydrogen-bond donors (Lipinski definition) is 1. The lowest BCUT2D eigenvalue weighted by atomic mass is 9.87. The summed E-state index contributed by atoms with van der Waals surface area (Å²) in [5, 5.41) is 12.2. The highest BCUT2D eigenvalue weighted by Crippen LogP contribution is 2.37. The van der Waals surface area contributed by atoms with Crippen molar-refractivity contribution < 1.29 is 14.3 Å². The van der Waals surface area contributed by atoms with E-state index < -0.39 is 0 Å². The van der Waals surface area contributed by atoms with Crippen LogP contribution in [0.5, 0.6) is 0 Å². The second kappa shape index (κ2) is 10.9. The molecule has 0 bridgehead atoms. The maximum atomic E-state index is 12.1. The van der Waals surface area contributed by atoms with Crippen LogP contribution in [0.15, 0.2) is 11.2 Å². The van der Waals surface area contributed by atoms with Crippen LogP contribution in [0, 0.1) is 5.92 Å². The van der Waals surface area contributed by atoms with Crippen molar-refractivity contribution in [3.63, 3.8) is 0 Å². The summed E-state index contributed by atoms with van der Waals surface area (Å²) in [5.41, 5.74) is 1.47. The number of fused-ring (bicyclic) bond motifs is 1. The van der Waals surface area contributed by atoms with Gasteiger partial charge in [-0.05, 0) is 50.2 Å². The number of thiophene rings is 1. The van der Waals surface area contributed by atoms with Gasteiger partial charge < -0.3 is 14.6 Å². The Morgan fingerprint density at radius 2 is 2.20 bits per heavy atom. The number of rotatable bonds is 10. The predicted molar refractivity (Wildman–Crippen MR) is 120 cm³/mol. The van der Waals surface area contributed by atoms with Gasteiger partial charge in [0.1, 0.15) is 0 Å². The lowest BCUT2D eigenvalue weighted by Crippen LogP contribution is -2.26. The summed E-state index contributed by atoms with van der Waals surface area (Å²) in [7, 11) is 1.95. The van der Waals surface area contributed by atoms with Crippen LogP contribution in [0.2, 0.25) is 0 Å². The molecule has 0 saturated carbocycles. The largest absolute Gasteiger partial charge is 0.466 e. The third kappa shape index (κ3) is 5.85. The predicted octanol–water partition coefficient (Wildman–Crippen LogP) is 3.61. The highest BCUT2D eigenvalue weighted by atomic mass is 32.2. The molecule has 1 unspecified atom stereocenters. The molecule has 0 fully saturated rings. The third-order valence-electron chi connectivity index (χ3n) is 5.34. The number of nitrogens with one attached hydrogen (secondary N) is 1. The second-order valence-electron chi connectivity index (χ2n) is 7.49. The van der Waals surface area contributed by atoms with E-state index in [-0.39, 0.29) is 17.6 Å². The Balaban J connectivity index is 1.49. The fraction of sp³-hybridized carbons (Fsp3) is 0.619. The normalized spacial score (nSPS) is 15.6. The number of amides is 1. The van der Waals surface area contributed by atoms with Crippen molar-refractivity contribution in [1.29, 1.82) is 0 Å². The summed E-state index contributed by atoms with van der Waals surface area (Å²) < 4.78 is 6.84. The highest BCUT2D eigenvalue weighted by molar-refractivity contribution is 7.99. The number of esters is 1. The number of aryl methyl sites for hydroxylation is 1. The number of carbonyl (C=O) groups excluding carboxylic acids is 2. The van der Waals surface area contributed by atoms with Crippen molar-refractivity contribution in [2.45, 2.75) is 57.5 Å². The van der Waals surface area contributed by atoms with Crippen LogP contribution in [0.3, 0.4) is 0 Å². The minimum Gasteiger partial charge on any atom is -0.466 e. The van der Waals surface area contributed by atoms with Crippen molar-refractivity contribution >= 4 is 35.0 Å². The summed E-state index contributed by atoms with van der Waals surface area (Å²) in [6.45, 7) is 4.89. The molecule has 9 heteroatoms. The molecule has 0 radical (unpaired) electrons. The highest BCUT2D eigenvalue weighted by Gasteiger charge is 2.22. The standard InChI is InChI=1S/C21H30N4O3S2/c1-4-14-8-9-16-15(11-14)12-17(30-16)20-23-24-21(25(20)3)29-13-18(26)22-10-6-7-19(27)28-5-2/h12,14H,4-11,13H2,1-3H3,(H,22,26). The number of hydrogen-bond acceptors (Lipinski definition) is 7. The zero-order chi connectivity index (χ0) is 21.5. The van der Waals surface area contributed by atoms with E-state index in [1.807, 2.05) is 23.0 Å². The van der Waals surface area contributed by atoms with Gasteiger partial charge in [-0.1, -0.05) is 25.1 Å². The van der Waals surface area contributed by atoms with E-state index in [0.717, 1.165) is 34.6 Å². The zero-order valence-electron chi connectivity index (χ0n) is 17.9. The first-order valence-corrected chi connectivity index (χ1v) is 12.4. The molecule has 0 aromatic carbocycles. The summed E-state index contributed by atoms with van der Waals surface area (Å²) in [6, 6.07) is 2.27. The van der Waals surface area contributed by atoms with Gasteiger partial charge >= 0.3 is 5.97 Å². The van der Waals surface area contributed by atoms with Crippen molar-refractivity contribution in [2.24, 2.45) is 13.0 Å². The Morgan fingerprint density at radius 3 is 2.97 bits per heavy atom. The lowest BCUT2D eigenvalue weighted by Gasteiger charge is -2.19. The minimum atomic E-state index is -0.229. The summed E-state index contributed by atoms with van der Waals surface area (Å²) in [5.74, 6) is 1.62. The molecular formula is C21H30N4O3S2. The van der Waals surface area contributed by atoms with Gasteiger partial charge in [-0.3, -0.25) is 9.59 Å². The van der Waals surface area contributed by atoms with Gasteiger partial charge in [-0.15, -0.1) is 21.5 Å². The molecular weight excluding hydrogens is 420 g/mol. The average Bonchev–Trinajstić information content (AvgIpc) is 3.32. The van der Waals surface area contributed by atoms with Crippen LogP contribution in [0.1, 0.15) is 50.0 Å². The van der Waals surface area contributed by atoms with Crippen LogP contribution in [0.4, 0.5) is 0 Å². The fourth-order valence-electron chi connectivity index (χ4n) is 3.59. The molecule has 2 heterocycles. The van der Waals surface area contributed by atoms with Gasteiger partial charge in [0.15, 0.2) is 11.0 Å². The molecule has 30 heavy (non-hydrogen) atoms. The van der Waals surface area contributed by atoms with Crippen LogP contribution in [0.25, 0.3) is 10.7 Å².